The molecule has 3 nitrogen and oxygen atoms in total. The molecular weight excluding hydrogens is 341 g/mol. The highest BCUT2D eigenvalue weighted by Crippen LogP contribution is 2.49. The van der Waals surface area contributed by atoms with Crippen molar-refractivity contribution in [3.05, 3.63) is 53.6 Å². The van der Waals surface area contributed by atoms with E-state index in [1.807, 2.05) is 6.92 Å². The number of guanidine groups is 1. The first kappa shape index (κ1) is 18.7. The van der Waals surface area contributed by atoms with Crippen LogP contribution in [0.2, 0.25) is 0 Å². The topological polar surface area (TPSA) is 64.4 Å². The summed E-state index contributed by atoms with van der Waals surface area (Å²) in [6.07, 6.45) is -5.16. The number of nitrogens with two attached hydrogens (primary N) is 2. The summed E-state index contributed by atoms with van der Waals surface area (Å²) >= 11 is 0. The van der Waals surface area contributed by atoms with Crippen LogP contribution in [0.25, 0.3) is 11.1 Å². The van der Waals surface area contributed by atoms with E-state index >= 15 is 0 Å². The fourth-order valence-electron chi connectivity index (χ4n) is 2.44. The Kier molecular flexibility index (Phi) is 5.01. The second-order valence-electron chi connectivity index (χ2n) is 5.36. The number of aryl methyl sites for hydroxylation is 1. The van der Waals surface area contributed by atoms with Crippen molar-refractivity contribution in [3.8, 4) is 11.1 Å². The average molecular weight is 357 g/mol. The van der Waals surface area contributed by atoms with Crippen LogP contribution < -0.4 is 11.5 Å². The summed E-state index contributed by atoms with van der Waals surface area (Å²) in [5, 5.41) is 0. The van der Waals surface area contributed by atoms with Gasteiger partial charge in [0.1, 0.15) is 0 Å². The largest absolute Gasteiger partial charge is 0.458 e. The summed E-state index contributed by atoms with van der Waals surface area (Å²) < 4.78 is 66.9. The van der Waals surface area contributed by atoms with Crippen molar-refractivity contribution in [2.24, 2.45) is 16.5 Å². The number of alkyl halides is 5. The van der Waals surface area contributed by atoms with Gasteiger partial charge in [0.05, 0.1) is 5.69 Å². The molecule has 0 aliphatic carbocycles. The first-order valence-corrected chi connectivity index (χ1v) is 7.35. The number of rotatable bonds is 4. The summed E-state index contributed by atoms with van der Waals surface area (Å²) in [7, 11) is 0. The quantitative estimate of drug-likeness (QED) is 0.482. The molecule has 134 valence electrons. The number of benzene rings is 2. The molecule has 0 heterocycles. The monoisotopic (exact) mass is 357 g/mol. The zero-order valence-electron chi connectivity index (χ0n) is 13.2. The molecule has 0 radical (unpaired) electrons. The van der Waals surface area contributed by atoms with E-state index in [1.165, 1.54) is 18.2 Å². The summed E-state index contributed by atoms with van der Waals surface area (Å²) in [4.78, 5) is 3.72. The number of hydrogen-bond donors (Lipinski definition) is 2. The average Bonchev–Trinajstić information content (AvgIpc) is 2.53. The normalized spacial score (nSPS) is 12.1. The van der Waals surface area contributed by atoms with E-state index in [9.17, 15) is 22.0 Å². The fourth-order valence-corrected chi connectivity index (χ4v) is 2.44. The van der Waals surface area contributed by atoms with Gasteiger partial charge in [0.2, 0.25) is 0 Å². The van der Waals surface area contributed by atoms with Gasteiger partial charge >= 0.3 is 12.1 Å². The van der Waals surface area contributed by atoms with Crippen LogP contribution in [0.15, 0.2) is 47.5 Å². The van der Waals surface area contributed by atoms with Gasteiger partial charge in [-0.15, -0.1) is 0 Å². The Morgan fingerprint density at radius 2 is 1.64 bits per heavy atom. The van der Waals surface area contributed by atoms with Crippen LogP contribution in [0.5, 0.6) is 0 Å². The third-order valence-electron chi connectivity index (χ3n) is 3.61. The third kappa shape index (κ3) is 3.72. The van der Waals surface area contributed by atoms with Crippen LogP contribution in [0.1, 0.15) is 18.1 Å². The van der Waals surface area contributed by atoms with Crippen molar-refractivity contribution in [1.29, 1.82) is 0 Å². The minimum absolute atomic E-state index is 0.158. The van der Waals surface area contributed by atoms with Crippen molar-refractivity contribution in [2.45, 2.75) is 25.4 Å². The predicted octanol–water partition coefficient (Wildman–Crippen LogP) is 4.48. The maximum Gasteiger partial charge on any atom is 0.458 e. The molecule has 0 saturated carbocycles. The van der Waals surface area contributed by atoms with Gasteiger partial charge in [0.25, 0.3) is 0 Å². The Balaban J connectivity index is 2.84. The van der Waals surface area contributed by atoms with E-state index in [1.54, 1.807) is 12.1 Å². The maximum absolute atomic E-state index is 14.1. The van der Waals surface area contributed by atoms with Crippen LogP contribution in [0.4, 0.5) is 27.6 Å². The van der Waals surface area contributed by atoms with E-state index < -0.39 is 23.6 Å². The van der Waals surface area contributed by atoms with Crippen molar-refractivity contribution < 1.29 is 22.0 Å². The molecule has 0 aliphatic heterocycles. The molecule has 0 spiro atoms. The fraction of sp³-hybridized carbons (Fsp3) is 0.235. The molecule has 0 atom stereocenters. The lowest BCUT2D eigenvalue weighted by atomic mass is 9.92. The highest BCUT2D eigenvalue weighted by Gasteiger charge is 2.59. The van der Waals surface area contributed by atoms with Gasteiger partial charge in [-0.3, -0.25) is 0 Å². The molecule has 2 rings (SSSR count). The lowest BCUT2D eigenvalue weighted by molar-refractivity contribution is -0.289. The summed E-state index contributed by atoms with van der Waals surface area (Å²) in [5.41, 5.74) is 9.83. The van der Waals surface area contributed by atoms with Crippen molar-refractivity contribution in [1.82, 2.24) is 0 Å². The Labute approximate surface area is 141 Å². The van der Waals surface area contributed by atoms with Crippen molar-refractivity contribution in [3.63, 3.8) is 0 Å². The standard InChI is InChI=1S/C17H16F5N3/c1-2-10-5-3-6-11(9-10)14-12(16(18,19)17(20,21)22)7-4-8-13(14)25-15(23)24/h3-9H,2H2,1H3,(H4,23,24,25). The van der Waals surface area contributed by atoms with Crippen LogP contribution in [0.3, 0.4) is 0 Å². The van der Waals surface area contributed by atoms with E-state index in [2.05, 4.69) is 4.99 Å². The lowest BCUT2D eigenvalue weighted by Gasteiger charge is -2.23. The summed E-state index contributed by atoms with van der Waals surface area (Å²) in [6, 6.07) is 9.37. The zero-order valence-corrected chi connectivity index (χ0v) is 13.2. The summed E-state index contributed by atoms with van der Waals surface area (Å²) in [6.45, 7) is 1.84. The minimum Gasteiger partial charge on any atom is -0.370 e. The van der Waals surface area contributed by atoms with Gasteiger partial charge in [-0.2, -0.15) is 22.0 Å². The second-order valence-corrected chi connectivity index (χ2v) is 5.36. The van der Waals surface area contributed by atoms with Crippen molar-refractivity contribution >= 4 is 11.6 Å². The Morgan fingerprint density at radius 1 is 1.00 bits per heavy atom. The summed E-state index contributed by atoms with van der Waals surface area (Å²) in [5.74, 6) is -5.50. The minimum atomic E-state index is -5.75. The Bertz CT molecular complexity index is 793. The molecular formula is C17H16F5N3. The molecule has 0 amide bonds. The van der Waals surface area contributed by atoms with Crippen LogP contribution in [-0.2, 0) is 12.3 Å². The molecule has 0 saturated heterocycles. The molecule has 0 unspecified atom stereocenters. The van der Waals surface area contributed by atoms with E-state index in [-0.39, 0.29) is 16.8 Å². The first-order valence-electron chi connectivity index (χ1n) is 7.35. The van der Waals surface area contributed by atoms with Gasteiger partial charge in [0.15, 0.2) is 5.96 Å². The highest BCUT2D eigenvalue weighted by atomic mass is 19.4. The molecule has 4 N–H and O–H groups in total. The lowest BCUT2D eigenvalue weighted by Crippen LogP contribution is -2.34. The SMILES string of the molecule is CCc1cccc(-c2c(N=C(N)N)cccc2C(F)(F)C(F)(F)F)c1. The van der Waals surface area contributed by atoms with Crippen LogP contribution in [0, 0.1) is 0 Å². The molecule has 2 aromatic rings. The van der Waals surface area contributed by atoms with E-state index in [0.717, 1.165) is 17.7 Å². The van der Waals surface area contributed by atoms with Gasteiger partial charge in [-0.1, -0.05) is 43.3 Å². The Morgan fingerprint density at radius 3 is 2.20 bits per heavy atom. The molecule has 0 aliphatic rings. The third-order valence-corrected chi connectivity index (χ3v) is 3.61. The smallest absolute Gasteiger partial charge is 0.370 e. The van der Waals surface area contributed by atoms with E-state index in [4.69, 9.17) is 11.5 Å². The molecule has 0 aromatic heterocycles. The first-order chi connectivity index (χ1) is 11.6. The van der Waals surface area contributed by atoms with E-state index in [0.29, 0.717) is 6.42 Å². The van der Waals surface area contributed by atoms with Crippen LogP contribution >= 0.6 is 0 Å². The number of halogens is 5. The van der Waals surface area contributed by atoms with Crippen molar-refractivity contribution in [2.75, 3.05) is 0 Å². The van der Waals surface area contributed by atoms with Gasteiger partial charge in [-0.25, -0.2) is 4.99 Å². The maximum atomic E-state index is 14.1. The van der Waals surface area contributed by atoms with Gasteiger partial charge < -0.3 is 11.5 Å². The molecule has 25 heavy (non-hydrogen) atoms. The number of aliphatic imine (C=N–C) groups is 1. The van der Waals surface area contributed by atoms with Crippen LogP contribution in [-0.4, -0.2) is 12.1 Å². The van der Waals surface area contributed by atoms with Gasteiger partial charge in [0, 0.05) is 11.1 Å². The number of hydrogen-bond acceptors (Lipinski definition) is 1. The molecule has 8 heteroatoms. The molecule has 2 aromatic carbocycles. The number of nitrogens with zero attached hydrogens (tertiary/aromatic N) is 1. The second kappa shape index (κ2) is 6.70. The highest BCUT2D eigenvalue weighted by molar-refractivity contribution is 5.86. The predicted molar refractivity (Wildman–Crippen MR) is 86.7 cm³/mol. The Hall–Kier alpha value is -2.64. The molecule has 0 fully saturated rings. The zero-order chi connectivity index (χ0) is 18.8. The van der Waals surface area contributed by atoms with Gasteiger partial charge in [-0.05, 0) is 23.6 Å². The molecule has 0 bridgehead atoms.